The fourth-order valence-corrected chi connectivity index (χ4v) is 2.52. The molecule has 4 heteroatoms. The van der Waals surface area contributed by atoms with E-state index in [1.807, 2.05) is 20.8 Å². The minimum Gasteiger partial charge on any atom is -0.453 e. The molecule has 0 saturated heterocycles. The summed E-state index contributed by atoms with van der Waals surface area (Å²) in [6, 6.07) is -0.405. The average molecular weight is 255 g/mol. The third-order valence-corrected chi connectivity index (χ3v) is 3.60. The van der Waals surface area contributed by atoms with Crippen LogP contribution in [0.5, 0.6) is 0 Å². The predicted octanol–water partition coefficient (Wildman–Crippen LogP) is 2.91. The monoisotopic (exact) mass is 255 g/mol. The van der Waals surface area contributed by atoms with Crippen LogP contribution >= 0.6 is 0 Å². The molecule has 0 heterocycles. The topological polar surface area (TPSA) is 55.4 Å². The largest absolute Gasteiger partial charge is 0.453 e. The Labute approximate surface area is 109 Å². The minimum absolute atomic E-state index is 0.0970. The molecule has 1 atom stereocenters. The molecule has 1 rings (SSSR count). The molecule has 1 aliphatic carbocycles. The van der Waals surface area contributed by atoms with E-state index in [2.05, 4.69) is 10.1 Å². The maximum Gasteiger partial charge on any atom is 0.407 e. The van der Waals surface area contributed by atoms with Gasteiger partial charge in [-0.2, -0.15) is 0 Å². The summed E-state index contributed by atoms with van der Waals surface area (Å²) < 4.78 is 4.63. The van der Waals surface area contributed by atoms with Crippen molar-refractivity contribution in [2.75, 3.05) is 7.11 Å². The maximum absolute atomic E-state index is 12.4. The minimum atomic E-state index is -0.511. The van der Waals surface area contributed by atoms with Crippen molar-refractivity contribution in [3.8, 4) is 0 Å². The van der Waals surface area contributed by atoms with Crippen molar-refractivity contribution in [2.45, 2.75) is 58.9 Å². The number of methoxy groups -OCH3 is 1. The summed E-state index contributed by atoms with van der Waals surface area (Å²) in [4.78, 5) is 23.9. The molecule has 0 bridgehead atoms. The van der Waals surface area contributed by atoms with Gasteiger partial charge in [-0.1, -0.05) is 40.0 Å². The molecule has 0 aromatic carbocycles. The number of nitrogens with one attached hydrogen (secondary N) is 1. The van der Waals surface area contributed by atoms with Crippen LogP contribution in [0.3, 0.4) is 0 Å². The molecule has 1 aliphatic rings. The molecule has 0 radical (unpaired) electrons. The number of Topliss-reactive ketones (excluding diaryl/α,β-unsaturated/α-hetero) is 1. The Kier molecular flexibility index (Phi) is 5.17. The van der Waals surface area contributed by atoms with Crippen LogP contribution in [0.2, 0.25) is 0 Å². The Bertz CT molecular complexity index is 301. The number of ether oxygens (including phenoxy) is 1. The highest BCUT2D eigenvalue weighted by Crippen LogP contribution is 2.30. The highest BCUT2D eigenvalue weighted by atomic mass is 16.5. The summed E-state index contributed by atoms with van der Waals surface area (Å²) in [5.74, 6) is 0.351. The number of alkyl carbamates (subject to hydrolysis) is 1. The van der Waals surface area contributed by atoms with Gasteiger partial charge in [0.1, 0.15) is 0 Å². The lowest BCUT2D eigenvalue weighted by Gasteiger charge is -2.33. The fraction of sp³-hybridized carbons (Fsp3) is 0.857. The normalized spacial score (nSPS) is 19.1. The molecule has 104 valence electrons. The van der Waals surface area contributed by atoms with Crippen LogP contribution in [0, 0.1) is 11.3 Å². The zero-order chi connectivity index (χ0) is 13.8. The van der Waals surface area contributed by atoms with Crippen LogP contribution < -0.4 is 5.32 Å². The number of rotatable bonds is 3. The number of hydrogen-bond donors (Lipinski definition) is 1. The lowest BCUT2D eigenvalue weighted by molar-refractivity contribution is -0.130. The van der Waals surface area contributed by atoms with Crippen LogP contribution in [0.25, 0.3) is 0 Å². The first kappa shape index (κ1) is 15.0. The van der Waals surface area contributed by atoms with Crippen LogP contribution in [-0.2, 0) is 9.53 Å². The lowest BCUT2D eigenvalue weighted by atomic mass is 9.76. The number of carbonyl (C=O) groups excluding carboxylic acids is 2. The second-order valence-corrected chi connectivity index (χ2v) is 6.13. The Morgan fingerprint density at radius 2 is 1.72 bits per heavy atom. The number of amides is 1. The molecule has 0 unspecified atom stereocenters. The molecule has 0 aliphatic heterocycles. The number of hydrogen-bond acceptors (Lipinski definition) is 3. The van der Waals surface area contributed by atoms with Crippen LogP contribution in [0.15, 0.2) is 0 Å². The van der Waals surface area contributed by atoms with Crippen molar-refractivity contribution in [3.63, 3.8) is 0 Å². The second-order valence-electron chi connectivity index (χ2n) is 6.13. The fourth-order valence-electron chi connectivity index (χ4n) is 2.52. The van der Waals surface area contributed by atoms with Gasteiger partial charge < -0.3 is 10.1 Å². The Morgan fingerprint density at radius 1 is 1.17 bits per heavy atom. The van der Waals surface area contributed by atoms with Gasteiger partial charge in [0, 0.05) is 5.41 Å². The van der Waals surface area contributed by atoms with E-state index in [-0.39, 0.29) is 11.7 Å². The lowest BCUT2D eigenvalue weighted by Crippen LogP contribution is -2.50. The average Bonchev–Trinajstić information content (AvgIpc) is 2.34. The van der Waals surface area contributed by atoms with Crippen LogP contribution in [-0.4, -0.2) is 25.0 Å². The highest BCUT2D eigenvalue weighted by Gasteiger charge is 2.36. The molecule has 1 fully saturated rings. The second kappa shape index (κ2) is 6.21. The van der Waals surface area contributed by atoms with Crippen molar-refractivity contribution in [1.82, 2.24) is 5.32 Å². The van der Waals surface area contributed by atoms with E-state index in [0.717, 1.165) is 25.7 Å². The molecule has 1 saturated carbocycles. The van der Waals surface area contributed by atoms with Gasteiger partial charge in [-0.15, -0.1) is 0 Å². The smallest absolute Gasteiger partial charge is 0.407 e. The first-order valence-corrected chi connectivity index (χ1v) is 6.75. The van der Waals surface area contributed by atoms with Crippen molar-refractivity contribution in [1.29, 1.82) is 0 Å². The maximum atomic E-state index is 12.4. The Morgan fingerprint density at radius 3 is 2.17 bits per heavy atom. The summed E-state index contributed by atoms with van der Waals surface area (Å²) in [5.41, 5.74) is -0.441. The van der Waals surface area contributed by atoms with E-state index in [9.17, 15) is 9.59 Å². The summed E-state index contributed by atoms with van der Waals surface area (Å²) in [7, 11) is 1.33. The van der Waals surface area contributed by atoms with Gasteiger partial charge in [0.15, 0.2) is 5.78 Å². The molecule has 1 N–H and O–H groups in total. The van der Waals surface area contributed by atoms with Gasteiger partial charge in [-0.05, 0) is 18.8 Å². The number of ketones is 1. The van der Waals surface area contributed by atoms with Gasteiger partial charge in [0.25, 0.3) is 0 Å². The molecule has 18 heavy (non-hydrogen) atoms. The van der Waals surface area contributed by atoms with E-state index in [0.29, 0.717) is 0 Å². The first-order chi connectivity index (χ1) is 8.36. The Balaban J connectivity index is 2.79. The van der Waals surface area contributed by atoms with E-state index in [1.165, 1.54) is 13.5 Å². The van der Waals surface area contributed by atoms with E-state index in [1.54, 1.807) is 0 Å². The third kappa shape index (κ3) is 4.00. The van der Waals surface area contributed by atoms with Gasteiger partial charge in [0.05, 0.1) is 13.2 Å². The van der Waals surface area contributed by atoms with Crippen molar-refractivity contribution in [2.24, 2.45) is 11.3 Å². The predicted molar refractivity (Wildman–Crippen MR) is 70.4 cm³/mol. The van der Waals surface area contributed by atoms with Gasteiger partial charge in [-0.3, -0.25) is 4.79 Å². The zero-order valence-electron chi connectivity index (χ0n) is 11.9. The summed E-state index contributed by atoms with van der Waals surface area (Å²) >= 11 is 0. The molecular weight excluding hydrogens is 230 g/mol. The van der Waals surface area contributed by atoms with Gasteiger partial charge in [-0.25, -0.2) is 4.79 Å². The molecule has 1 amide bonds. The van der Waals surface area contributed by atoms with E-state index >= 15 is 0 Å². The van der Waals surface area contributed by atoms with Crippen molar-refractivity contribution in [3.05, 3.63) is 0 Å². The quantitative estimate of drug-likeness (QED) is 0.843. The molecule has 0 aromatic heterocycles. The SMILES string of the molecule is COC(=O)N[C@@H](C(=O)C(C)(C)C)C1CCCCC1. The van der Waals surface area contributed by atoms with Gasteiger partial charge >= 0.3 is 6.09 Å². The summed E-state index contributed by atoms with van der Waals surface area (Å²) in [6.45, 7) is 5.68. The highest BCUT2D eigenvalue weighted by molar-refractivity contribution is 5.91. The summed E-state index contributed by atoms with van der Waals surface area (Å²) in [5, 5.41) is 2.73. The molecule has 4 nitrogen and oxygen atoms in total. The van der Waals surface area contributed by atoms with Crippen LogP contribution in [0.1, 0.15) is 52.9 Å². The van der Waals surface area contributed by atoms with Crippen LogP contribution in [0.4, 0.5) is 4.79 Å². The summed E-state index contributed by atoms with van der Waals surface area (Å²) in [6.07, 6.45) is 5.02. The number of carbonyl (C=O) groups is 2. The van der Waals surface area contributed by atoms with Gasteiger partial charge in [0.2, 0.25) is 0 Å². The molecule has 0 spiro atoms. The Hall–Kier alpha value is -1.06. The zero-order valence-corrected chi connectivity index (χ0v) is 11.9. The van der Waals surface area contributed by atoms with E-state index < -0.39 is 17.6 Å². The first-order valence-electron chi connectivity index (χ1n) is 6.75. The molecule has 0 aromatic rings. The van der Waals surface area contributed by atoms with Crippen molar-refractivity contribution >= 4 is 11.9 Å². The van der Waals surface area contributed by atoms with E-state index in [4.69, 9.17) is 0 Å². The standard InChI is InChI=1S/C14H25NO3/c1-14(2,3)12(16)11(15-13(17)18-4)10-8-6-5-7-9-10/h10-11H,5-9H2,1-4H3,(H,15,17)/t11-/m1/s1. The third-order valence-electron chi connectivity index (χ3n) is 3.60. The van der Waals surface area contributed by atoms with Crippen molar-refractivity contribution < 1.29 is 14.3 Å². The molecular formula is C14H25NO3.